The minimum absolute atomic E-state index is 0.199. The van der Waals surface area contributed by atoms with E-state index >= 15 is 0 Å². The average Bonchev–Trinajstić information content (AvgIpc) is 2.82. The van der Waals surface area contributed by atoms with Crippen molar-refractivity contribution >= 4 is 11.4 Å². The molecular formula is C18H13F3O2. The van der Waals surface area contributed by atoms with E-state index in [9.17, 15) is 18.0 Å². The lowest BCUT2D eigenvalue weighted by Gasteiger charge is -2.10. The maximum absolute atomic E-state index is 12.9. The number of ketones is 1. The minimum Gasteiger partial charge on any atom is -0.481 e. The molecule has 1 aliphatic rings. The number of allylic oxidation sites excluding steroid dienone is 1. The van der Waals surface area contributed by atoms with Crippen LogP contribution in [0, 0.1) is 0 Å². The molecule has 5 heteroatoms. The molecule has 0 amide bonds. The highest BCUT2D eigenvalue weighted by Crippen LogP contribution is 2.39. The van der Waals surface area contributed by atoms with Gasteiger partial charge in [0.05, 0.1) is 11.1 Å². The van der Waals surface area contributed by atoms with Crippen molar-refractivity contribution in [3.8, 4) is 0 Å². The van der Waals surface area contributed by atoms with Gasteiger partial charge in [0.25, 0.3) is 0 Å². The van der Waals surface area contributed by atoms with Crippen LogP contribution in [-0.2, 0) is 15.7 Å². The molecular weight excluding hydrogens is 305 g/mol. The van der Waals surface area contributed by atoms with Gasteiger partial charge in [-0.05, 0) is 24.6 Å². The number of Topliss-reactive ketones (excluding diaryl/α,β-unsaturated/α-hetero) is 1. The highest BCUT2D eigenvalue weighted by molar-refractivity contribution is 6.25. The number of rotatable bonds is 2. The summed E-state index contributed by atoms with van der Waals surface area (Å²) in [6.45, 7) is 1.59. The Morgan fingerprint density at radius 2 is 1.70 bits per heavy atom. The van der Waals surface area contributed by atoms with Gasteiger partial charge in [0.1, 0.15) is 5.76 Å². The first-order valence-electron chi connectivity index (χ1n) is 7.02. The van der Waals surface area contributed by atoms with Crippen LogP contribution >= 0.6 is 0 Å². The number of carbonyl (C=O) groups excluding carboxylic acids is 1. The summed E-state index contributed by atoms with van der Waals surface area (Å²) in [4.78, 5) is 12.6. The molecule has 1 heterocycles. The predicted octanol–water partition coefficient (Wildman–Crippen LogP) is 4.78. The largest absolute Gasteiger partial charge is 0.481 e. The summed E-state index contributed by atoms with van der Waals surface area (Å²) in [5, 5.41) is 0. The van der Waals surface area contributed by atoms with E-state index in [1.54, 1.807) is 31.2 Å². The number of ether oxygens (including phenoxy) is 1. The molecule has 0 fully saturated rings. The minimum atomic E-state index is -4.45. The third-order valence-corrected chi connectivity index (χ3v) is 3.71. The van der Waals surface area contributed by atoms with Crippen LogP contribution in [-0.4, -0.2) is 5.78 Å². The van der Waals surface area contributed by atoms with Gasteiger partial charge in [0, 0.05) is 5.56 Å². The van der Waals surface area contributed by atoms with Gasteiger partial charge < -0.3 is 4.74 Å². The molecule has 1 unspecified atom stereocenters. The van der Waals surface area contributed by atoms with E-state index in [0.717, 1.165) is 12.1 Å². The zero-order valence-electron chi connectivity index (χ0n) is 12.2. The van der Waals surface area contributed by atoms with Gasteiger partial charge >= 0.3 is 6.18 Å². The molecule has 0 bridgehead atoms. The number of carbonyl (C=O) groups is 1. The molecule has 2 aromatic rings. The van der Waals surface area contributed by atoms with E-state index in [0.29, 0.717) is 11.3 Å². The van der Waals surface area contributed by atoms with E-state index in [2.05, 4.69) is 0 Å². The zero-order chi connectivity index (χ0) is 16.6. The molecule has 0 saturated heterocycles. The second-order valence-electron chi connectivity index (χ2n) is 5.28. The van der Waals surface area contributed by atoms with Crippen molar-refractivity contribution in [1.29, 1.82) is 0 Å². The summed E-state index contributed by atoms with van der Waals surface area (Å²) in [7, 11) is 0. The summed E-state index contributed by atoms with van der Waals surface area (Å²) in [5.74, 6) is 0.0104. The third kappa shape index (κ3) is 2.86. The van der Waals surface area contributed by atoms with Crippen molar-refractivity contribution < 1.29 is 22.7 Å². The molecule has 0 aliphatic carbocycles. The van der Waals surface area contributed by atoms with Gasteiger partial charge in [0.2, 0.25) is 5.78 Å². The molecule has 1 aliphatic heterocycles. The van der Waals surface area contributed by atoms with Gasteiger partial charge in [0.15, 0.2) is 6.10 Å². The number of halogens is 3. The lowest BCUT2D eigenvalue weighted by Crippen LogP contribution is -2.10. The second kappa shape index (κ2) is 5.57. The Hall–Kier alpha value is -2.56. The van der Waals surface area contributed by atoms with Crippen LogP contribution in [0.4, 0.5) is 13.2 Å². The number of hydrogen-bond acceptors (Lipinski definition) is 2. The van der Waals surface area contributed by atoms with E-state index in [1.807, 2.05) is 6.07 Å². The summed E-state index contributed by atoms with van der Waals surface area (Å²) < 4.78 is 44.2. The number of hydrogen-bond donors (Lipinski definition) is 0. The Balaban J connectivity index is 1.98. The van der Waals surface area contributed by atoms with E-state index in [-0.39, 0.29) is 16.9 Å². The Morgan fingerprint density at radius 1 is 1.00 bits per heavy atom. The van der Waals surface area contributed by atoms with Gasteiger partial charge in [-0.3, -0.25) is 4.79 Å². The topological polar surface area (TPSA) is 26.3 Å². The summed E-state index contributed by atoms with van der Waals surface area (Å²) in [6, 6.07) is 13.6. The van der Waals surface area contributed by atoms with Crippen molar-refractivity contribution in [3.05, 3.63) is 77.0 Å². The molecule has 0 spiro atoms. The Bertz CT molecular complexity index is 776. The van der Waals surface area contributed by atoms with Gasteiger partial charge in [-0.2, -0.15) is 13.2 Å². The van der Waals surface area contributed by atoms with Gasteiger partial charge in [-0.25, -0.2) is 0 Å². The smallest absolute Gasteiger partial charge is 0.416 e. The fraction of sp³-hybridized carbons (Fsp3) is 0.167. The molecule has 118 valence electrons. The third-order valence-electron chi connectivity index (χ3n) is 3.71. The van der Waals surface area contributed by atoms with Crippen molar-refractivity contribution in [2.75, 3.05) is 0 Å². The SMILES string of the molecule is CC1=C(c2cccc(C(F)(F)F)c2)C(=O)C(c2ccccc2)O1. The Labute approximate surface area is 131 Å². The first-order valence-corrected chi connectivity index (χ1v) is 7.02. The maximum atomic E-state index is 12.9. The predicted molar refractivity (Wildman–Crippen MR) is 79.3 cm³/mol. The molecule has 1 atom stereocenters. The molecule has 23 heavy (non-hydrogen) atoms. The highest BCUT2D eigenvalue weighted by Gasteiger charge is 2.36. The first kappa shape index (κ1) is 15.3. The van der Waals surface area contributed by atoms with Gasteiger partial charge in [-0.15, -0.1) is 0 Å². The molecule has 0 aromatic heterocycles. The van der Waals surface area contributed by atoms with Crippen molar-refractivity contribution in [2.45, 2.75) is 19.2 Å². The van der Waals surface area contributed by atoms with Crippen molar-refractivity contribution in [2.24, 2.45) is 0 Å². The normalized spacial score (nSPS) is 18.3. The molecule has 2 aromatic carbocycles. The molecule has 0 saturated carbocycles. The molecule has 0 N–H and O–H groups in total. The molecule has 3 rings (SSSR count). The van der Waals surface area contributed by atoms with E-state index in [1.165, 1.54) is 12.1 Å². The van der Waals surface area contributed by atoms with E-state index < -0.39 is 17.8 Å². The quantitative estimate of drug-likeness (QED) is 0.797. The fourth-order valence-corrected chi connectivity index (χ4v) is 2.64. The summed E-state index contributed by atoms with van der Waals surface area (Å²) in [6.07, 6.45) is -5.26. The summed E-state index contributed by atoms with van der Waals surface area (Å²) in [5.41, 5.74) is 0.316. The van der Waals surface area contributed by atoms with Crippen molar-refractivity contribution in [3.63, 3.8) is 0 Å². The van der Waals surface area contributed by atoms with Crippen LogP contribution in [0.3, 0.4) is 0 Å². The van der Waals surface area contributed by atoms with Gasteiger partial charge in [-0.1, -0.05) is 42.5 Å². The van der Waals surface area contributed by atoms with Crippen LogP contribution in [0.25, 0.3) is 5.57 Å². The van der Waals surface area contributed by atoms with Crippen LogP contribution in [0.15, 0.2) is 60.4 Å². The van der Waals surface area contributed by atoms with E-state index in [4.69, 9.17) is 4.74 Å². The molecule has 0 radical (unpaired) electrons. The fourth-order valence-electron chi connectivity index (χ4n) is 2.64. The zero-order valence-corrected chi connectivity index (χ0v) is 12.2. The summed E-state index contributed by atoms with van der Waals surface area (Å²) >= 11 is 0. The molecule has 2 nitrogen and oxygen atoms in total. The number of alkyl halides is 3. The second-order valence-corrected chi connectivity index (χ2v) is 5.28. The Kier molecular flexibility index (Phi) is 3.72. The Morgan fingerprint density at radius 3 is 2.35 bits per heavy atom. The highest BCUT2D eigenvalue weighted by atomic mass is 19.4. The number of benzene rings is 2. The average molecular weight is 318 g/mol. The van der Waals surface area contributed by atoms with Crippen LogP contribution in [0.2, 0.25) is 0 Å². The standard InChI is InChI=1S/C18H13F3O2/c1-11-15(13-8-5-9-14(10-13)18(19,20)21)16(22)17(23-11)12-6-3-2-4-7-12/h2-10,17H,1H3. The lowest BCUT2D eigenvalue weighted by atomic mass is 9.95. The van der Waals surface area contributed by atoms with Crippen LogP contribution in [0.1, 0.15) is 29.7 Å². The van der Waals surface area contributed by atoms with Crippen LogP contribution in [0.5, 0.6) is 0 Å². The van der Waals surface area contributed by atoms with Crippen molar-refractivity contribution in [1.82, 2.24) is 0 Å². The lowest BCUT2D eigenvalue weighted by molar-refractivity contribution is -0.137. The van der Waals surface area contributed by atoms with Crippen LogP contribution < -0.4 is 0 Å². The monoisotopic (exact) mass is 318 g/mol. The first-order chi connectivity index (χ1) is 10.9. The maximum Gasteiger partial charge on any atom is 0.416 e.